The zero-order valence-electron chi connectivity index (χ0n) is 38.5. The summed E-state index contributed by atoms with van der Waals surface area (Å²) in [5, 5.41) is 24.9. The summed E-state index contributed by atoms with van der Waals surface area (Å²) in [4.78, 5) is 69.6. The number of morpholine rings is 1. The summed E-state index contributed by atoms with van der Waals surface area (Å²) in [5.41, 5.74) is -0.0199. The number of anilines is 1. The summed E-state index contributed by atoms with van der Waals surface area (Å²) >= 11 is 0. The fourth-order valence-corrected chi connectivity index (χ4v) is 10.8. The zero-order valence-corrected chi connectivity index (χ0v) is 38.5. The monoisotopic (exact) mass is 932 g/mol. The van der Waals surface area contributed by atoms with E-state index in [1.807, 2.05) is 77.7 Å². The lowest BCUT2D eigenvalue weighted by Crippen LogP contribution is -2.56. The summed E-state index contributed by atoms with van der Waals surface area (Å²) in [6.07, 6.45) is 4.69. The molecule has 0 radical (unpaired) electrons. The number of methoxy groups -OCH3 is 1. The highest BCUT2D eigenvalue weighted by Crippen LogP contribution is 2.66. The smallest absolute Gasteiger partial charge is 0.421 e. The van der Waals surface area contributed by atoms with Crippen LogP contribution in [-0.4, -0.2) is 95.7 Å². The van der Waals surface area contributed by atoms with Crippen LogP contribution in [0.2, 0.25) is 0 Å². The molecule has 3 fully saturated rings. The molecule has 356 valence electrons. The molecule has 2 saturated heterocycles. The Bertz CT molecular complexity index is 2700. The number of ether oxygens (including phenoxy) is 4. The van der Waals surface area contributed by atoms with Crippen molar-refractivity contribution in [1.82, 2.24) is 15.2 Å². The van der Waals surface area contributed by atoms with Crippen LogP contribution < -0.4 is 15.0 Å². The second-order valence-corrected chi connectivity index (χ2v) is 17.9. The van der Waals surface area contributed by atoms with Crippen LogP contribution in [0.15, 0.2) is 128 Å². The Kier molecular flexibility index (Phi) is 14.2. The van der Waals surface area contributed by atoms with Crippen LogP contribution in [-0.2, 0) is 40.4 Å². The van der Waals surface area contributed by atoms with Gasteiger partial charge in [-0.15, -0.1) is 0 Å². The highest BCUT2D eigenvalue weighted by atomic mass is 16.6. The fraction of sp³-hybridized carbons (Fsp3) is 0.364. The van der Waals surface area contributed by atoms with E-state index >= 15 is 14.4 Å². The van der Waals surface area contributed by atoms with Gasteiger partial charge in [-0.25, -0.2) is 9.69 Å². The van der Waals surface area contributed by atoms with Crippen molar-refractivity contribution in [2.45, 2.75) is 80.2 Å². The average molecular weight is 933 g/mol. The lowest BCUT2D eigenvalue weighted by Gasteiger charge is -2.46. The third-order valence-electron chi connectivity index (χ3n) is 13.8. The molecule has 1 spiro atoms. The molecular weight excluding hydrogens is 877 g/mol. The summed E-state index contributed by atoms with van der Waals surface area (Å²) in [6.45, 7) is -0.487. The minimum Gasteiger partial charge on any atom is -0.491 e. The Labute approximate surface area is 401 Å². The van der Waals surface area contributed by atoms with Crippen molar-refractivity contribution in [1.29, 1.82) is 0 Å². The number of hydrogen-bond acceptors (Lipinski definition) is 12. The molecule has 6 atom stereocenters. The predicted molar refractivity (Wildman–Crippen MR) is 255 cm³/mol. The summed E-state index contributed by atoms with van der Waals surface area (Å²) in [5.74, 6) is 2.89. The minimum atomic E-state index is -2.11. The van der Waals surface area contributed by atoms with Gasteiger partial charge < -0.3 is 34.5 Å². The molecule has 14 nitrogen and oxygen atoms in total. The van der Waals surface area contributed by atoms with Crippen molar-refractivity contribution in [2.24, 2.45) is 5.92 Å². The number of carbonyl (C=O) groups is 4. The molecule has 14 heteroatoms. The first-order valence-electron chi connectivity index (χ1n) is 23.7. The van der Waals surface area contributed by atoms with E-state index in [1.54, 1.807) is 54.7 Å². The second-order valence-electron chi connectivity index (χ2n) is 17.9. The number of rotatable bonds is 13. The van der Waals surface area contributed by atoms with E-state index in [1.165, 1.54) is 7.11 Å². The first kappa shape index (κ1) is 47.2. The van der Waals surface area contributed by atoms with Gasteiger partial charge in [-0.3, -0.25) is 24.3 Å². The number of esters is 1. The Morgan fingerprint density at radius 1 is 0.841 bits per heavy atom. The maximum Gasteiger partial charge on any atom is 0.421 e. The molecule has 1 aliphatic carbocycles. The molecule has 3 N–H and O–H groups in total. The number of hydrogen-bond donors (Lipinski definition) is 3. The number of aliphatic hydroxyl groups is 2. The number of aliphatic hydroxyl groups excluding tert-OH is 1. The molecule has 4 aromatic carbocycles. The van der Waals surface area contributed by atoms with Gasteiger partial charge in [-0.05, 0) is 78.8 Å². The van der Waals surface area contributed by atoms with Gasteiger partial charge in [-0.1, -0.05) is 110 Å². The molecule has 4 aliphatic rings. The average Bonchev–Trinajstić information content (AvgIpc) is 3.71. The van der Waals surface area contributed by atoms with Crippen LogP contribution >= 0.6 is 0 Å². The number of aromatic nitrogens is 1. The lowest BCUT2D eigenvalue weighted by atomic mass is 9.65. The van der Waals surface area contributed by atoms with Crippen molar-refractivity contribution in [2.75, 3.05) is 45.0 Å². The first-order chi connectivity index (χ1) is 33.7. The Morgan fingerprint density at radius 3 is 2.26 bits per heavy atom. The van der Waals surface area contributed by atoms with E-state index in [9.17, 15) is 15.0 Å². The molecule has 5 aromatic rings. The summed E-state index contributed by atoms with van der Waals surface area (Å²) in [7, 11) is 1.46. The number of pyridine rings is 1. The van der Waals surface area contributed by atoms with Gasteiger partial charge >= 0.3 is 12.1 Å². The molecule has 3 aliphatic heterocycles. The Morgan fingerprint density at radius 2 is 1.55 bits per heavy atom. The second kappa shape index (κ2) is 20.8. The summed E-state index contributed by atoms with van der Waals surface area (Å²) in [6, 6.07) is 32.8. The van der Waals surface area contributed by atoms with Gasteiger partial charge in [0.05, 0.1) is 36.9 Å². The first-order valence-corrected chi connectivity index (χ1v) is 23.7. The maximum absolute atomic E-state index is 16.5. The molecule has 1 saturated carbocycles. The number of amides is 3. The van der Waals surface area contributed by atoms with Crippen molar-refractivity contribution in [3.05, 3.63) is 161 Å². The van der Waals surface area contributed by atoms with E-state index < -0.39 is 65.0 Å². The molecule has 9 rings (SSSR count). The highest BCUT2D eigenvalue weighted by Gasteiger charge is 2.76. The minimum absolute atomic E-state index is 0.0457. The maximum atomic E-state index is 16.5. The van der Waals surface area contributed by atoms with E-state index in [4.69, 9.17) is 18.9 Å². The SMILES string of the molecule is COCCOC(=O)N1C(=O)[C@@]2(c3cc(C#CC4(O)CCCCCC4)ccc31)[C@H](C(=O)NCCc1ccccn1)[C@H]1C(=O)O[C@H](c3ccccc3)[C@H](c3ccccc3)N1[C@@H]2c1ccccc1OCCO. The number of cyclic esters (lactones) is 1. The van der Waals surface area contributed by atoms with E-state index in [-0.39, 0.29) is 50.0 Å². The number of fused-ring (bicyclic) bond motifs is 3. The van der Waals surface area contributed by atoms with Gasteiger partial charge in [-0.2, -0.15) is 0 Å². The third kappa shape index (κ3) is 9.11. The molecule has 4 heterocycles. The van der Waals surface area contributed by atoms with Crippen LogP contribution in [0, 0.1) is 17.8 Å². The molecule has 1 aromatic heterocycles. The van der Waals surface area contributed by atoms with Crippen molar-refractivity contribution >= 4 is 29.6 Å². The Balaban J connectivity index is 1.34. The van der Waals surface area contributed by atoms with Crippen LogP contribution in [0.1, 0.15) is 90.2 Å². The molecular formula is C55H56N4O10. The predicted octanol–water partition coefficient (Wildman–Crippen LogP) is 6.70. The van der Waals surface area contributed by atoms with E-state index in [0.29, 0.717) is 41.6 Å². The number of para-hydroxylation sites is 1. The van der Waals surface area contributed by atoms with Crippen LogP contribution in [0.3, 0.4) is 0 Å². The zero-order chi connectivity index (χ0) is 48.0. The lowest BCUT2D eigenvalue weighted by molar-refractivity contribution is -0.178. The van der Waals surface area contributed by atoms with Gasteiger partial charge in [0.1, 0.15) is 42.1 Å². The van der Waals surface area contributed by atoms with Crippen molar-refractivity contribution < 1.29 is 48.3 Å². The van der Waals surface area contributed by atoms with Crippen LogP contribution in [0.5, 0.6) is 5.75 Å². The molecule has 0 bridgehead atoms. The van der Waals surface area contributed by atoms with E-state index in [0.717, 1.165) is 36.1 Å². The van der Waals surface area contributed by atoms with Gasteiger partial charge in [0, 0.05) is 43.1 Å². The molecule has 0 unspecified atom stereocenters. The third-order valence-corrected chi connectivity index (χ3v) is 13.8. The van der Waals surface area contributed by atoms with Crippen molar-refractivity contribution in [3.8, 4) is 17.6 Å². The fourth-order valence-electron chi connectivity index (χ4n) is 10.8. The Hall–Kier alpha value is -6.89. The van der Waals surface area contributed by atoms with Crippen molar-refractivity contribution in [3.63, 3.8) is 0 Å². The highest BCUT2D eigenvalue weighted by molar-refractivity contribution is 6.23. The standard InChI is InChI=1S/C55H56N4O10/c1-66-34-35-68-53(64)58-43-24-23-37(25-29-54(65)27-13-2-3-14-28-54)36-42(43)55(52(58)63)45(50(61)57-31-26-40-20-12-15-30-56-40)47-51(62)69-48(39-18-8-5-9-19-39)46(38-16-6-4-7-17-38)59(47)49(55)41-21-10-11-22-44(41)67-33-32-60/h4-12,15-24,30,36,45-49,60,65H,2-3,13-14,26-28,31-35H2,1H3,(H,57,61)/t45-,46-,47-,48+,49+,55-/m0/s1. The van der Waals surface area contributed by atoms with Gasteiger partial charge in [0.2, 0.25) is 11.8 Å². The summed E-state index contributed by atoms with van der Waals surface area (Å²) < 4.78 is 23.8. The molecule has 69 heavy (non-hydrogen) atoms. The number of nitrogens with one attached hydrogen (secondary N) is 1. The van der Waals surface area contributed by atoms with Crippen LogP contribution in [0.25, 0.3) is 0 Å². The van der Waals surface area contributed by atoms with E-state index in [2.05, 4.69) is 22.1 Å². The number of imide groups is 1. The number of carbonyl (C=O) groups excluding carboxylic acids is 4. The topological polar surface area (TPSA) is 177 Å². The van der Waals surface area contributed by atoms with Crippen LogP contribution in [0.4, 0.5) is 10.5 Å². The molecule has 3 amide bonds. The van der Waals surface area contributed by atoms with Gasteiger partial charge in [0.15, 0.2) is 0 Å². The number of nitrogens with zero attached hydrogens (tertiary/aromatic N) is 3. The normalized spacial score (nSPS) is 23.8. The quantitative estimate of drug-likeness (QED) is 0.0494. The largest absolute Gasteiger partial charge is 0.491 e. The number of benzene rings is 4. The van der Waals surface area contributed by atoms with Gasteiger partial charge in [0.25, 0.3) is 0 Å².